The molecule has 162 valence electrons. The van der Waals surface area contributed by atoms with E-state index in [0.717, 1.165) is 0 Å². The van der Waals surface area contributed by atoms with E-state index in [1.807, 2.05) is 6.92 Å². The maximum atomic E-state index is 11.3. The molecule has 0 heterocycles. The maximum absolute atomic E-state index is 11.3. The minimum absolute atomic E-state index is 0.00344. The number of hydroxylamine groups is 2. The van der Waals surface area contributed by atoms with Crippen LogP contribution < -0.4 is 25.8 Å². The Morgan fingerprint density at radius 3 is 2.20 bits per heavy atom. The first-order chi connectivity index (χ1) is 14.3. The van der Waals surface area contributed by atoms with Gasteiger partial charge in [0.25, 0.3) is 11.8 Å². The lowest BCUT2D eigenvalue weighted by atomic mass is 10.2. The quantitative estimate of drug-likeness (QED) is 0.360. The van der Waals surface area contributed by atoms with E-state index in [0.29, 0.717) is 23.8 Å². The molecule has 0 fully saturated rings. The minimum Gasteiger partial charge on any atom is -0.507 e. The van der Waals surface area contributed by atoms with Crippen LogP contribution in [0.3, 0.4) is 0 Å². The molecule has 2 aromatic rings. The van der Waals surface area contributed by atoms with Crippen LogP contribution in [0.1, 0.15) is 17.3 Å². The van der Waals surface area contributed by atoms with Gasteiger partial charge >= 0.3 is 0 Å². The fourth-order valence-electron chi connectivity index (χ4n) is 2.42. The second-order valence-electron chi connectivity index (χ2n) is 6.31. The molecule has 0 saturated carbocycles. The van der Waals surface area contributed by atoms with Crippen LogP contribution in [0.4, 0.5) is 0 Å². The van der Waals surface area contributed by atoms with E-state index in [-0.39, 0.29) is 31.1 Å². The highest BCUT2D eigenvalue weighted by Crippen LogP contribution is 2.23. The molecular weight excluding hydrogens is 394 g/mol. The van der Waals surface area contributed by atoms with Crippen LogP contribution in [0.25, 0.3) is 0 Å². The first-order valence-corrected chi connectivity index (χ1v) is 9.16. The molecule has 0 spiro atoms. The number of ether oxygens (including phenoxy) is 2. The molecule has 0 bridgehead atoms. The van der Waals surface area contributed by atoms with Gasteiger partial charge in [0.2, 0.25) is 0 Å². The summed E-state index contributed by atoms with van der Waals surface area (Å²) in [6.45, 7) is 2.18. The van der Waals surface area contributed by atoms with Crippen LogP contribution in [-0.2, 0) is 4.79 Å². The summed E-state index contributed by atoms with van der Waals surface area (Å²) in [7, 11) is 0. The van der Waals surface area contributed by atoms with Crippen molar-refractivity contribution in [2.75, 3.05) is 26.3 Å². The van der Waals surface area contributed by atoms with Crippen LogP contribution in [0.2, 0.25) is 0 Å². The van der Waals surface area contributed by atoms with Gasteiger partial charge in [-0.3, -0.25) is 9.59 Å². The summed E-state index contributed by atoms with van der Waals surface area (Å²) in [4.78, 5) is 27.7. The van der Waals surface area contributed by atoms with Gasteiger partial charge in [-0.15, -0.1) is 5.06 Å². The molecule has 10 nitrogen and oxygen atoms in total. The topological polar surface area (TPSA) is 158 Å². The van der Waals surface area contributed by atoms with E-state index in [2.05, 4.69) is 0 Å². The summed E-state index contributed by atoms with van der Waals surface area (Å²) in [6.07, 6.45) is -0.872. The Balaban J connectivity index is 1.85. The van der Waals surface area contributed by atoms with E-state index < -0.39 is 17.9 Å². The van der Waals surface area contributed by atoms with E-state index in [1.165, 1.54) is 23.3 Å². The van der Waals surface area contributed by atoms with Crippen molar-refractivity contribution in [2.24, 2.45) is 11.5 Å². The van der Waals surface area contributed by atoms with Crippen molar-refractivity contribution in [2.45, 2.75) is 13.0 Å². The number of likely N-dealkylation sites (N-methyl/N-ethyl adjacent to an activating group) is 1. The SMILES string of the molecule is CCN(CC(O)COc1ccc(OCC(N)=O)cc1)Oc1ccc(O)c(C(N)=O)c1. The predicted octanol–water partition coefficient (Wildman–Crippen LogP) is 0.411. The van der Waals surface area contributed by atoms with Crippen molar-refractivity contribution >= 4 is 11.8 Å². The van der Waals surface area contributed by atoms with E-state index in [9.17, 15) is 19.8 Å². The lowest BCUT2D eigenvalue weighted by Gasteiger charge is -2.24. The number of rotatable bonds is 12. The molecule has 1 atom stereocenters. The van der Waals surface area contributed by atoms with Gasteiger partial charge in [-0.25, -0.2) is 0 Å². The van der Waals surface area contributed by atoms with Gasteiger partial charge in [-0.05, 0) is 49.4 Å². The van der Waals surface area contributed by atoms with Gasteiger partial charge in [0.15, 0.2) is 6.61 Å². The summed E-state index contributed by atoms with van der Waals surface area (Å²) in [5.41, 5.74) is 10.2. The summed E-state index contributed by atoms with van der Waals surface area (Å²) in [5.74, 6) is -0.314. The zero-order valence-corrected chi connectivity index (χ0v) is 16.5. The van der Waals surface area contributed by atoms with E-state index in [4.69, 9.17) is 25.8 Å². The maximum Gasteiger partial charge on any atom is 0.255 e. The molecule has 1 unspecified atom stereocenters. The Morgan fingerprint density at radius 2 is 1.63 bits per heavy atom. The third-order valence-corrected chi connectivity index (χ3v) is 3.88. The molecule has 0 aliphatic rings. The molecule has 0 saturated heterocycles. The lowest BCUT2D eigenvalue weighted by molar-refractivity contribution is -0.119. The second kappa shape index (κ2) is 10.9. The van der Waals surface area contributed by atoms with Gasteiger partial charge in [-0.1, -0.05) is 0 Å². The lowest BCUT2D eigenvalue weighted by Crippen LogP contribution is -2.37. The zero-order chi connectivity index (χ0) is 22.1. The molecule has 2 rings (SSSR count). The number of aliphatic hydroxyl groups is 1. The number of nitrogens with zero attached hydrogens (tertiary/aromatic N) is 1. The Morgan fingerprint density at radius 1 is 1.03 bits per heavy atom. The van der Waals surface area contributed by atoms with E-state index >= 15 is 0 Å². The van der Waals surface area contributed by atoms with Crippen LogP contribution in [0, 0.1) is 0 Å². The number of carbonyl (C=O) groups excluding carboxylic acids is 2. The molecule has 30 heavy (non-hydrogen) atoms. The van der Waals surface area contributed by atoms with Crippen molar-refractivity contribution in [3.63, 3.8) is 0 Å². The first kappa shape index (κ1) is 22.8. The standard InChI is InChI=1S/C20H25N3O7/c1-2-23(30-16-7-8-18(25)17(9-16)20(22)27)10-13(24)11-28-14-3-5-15(6-4-14)29-12-19(21)26/h3-9,13,24-25H,2,10-12H2,1H3,(H2,21,26)(H2,22,27). The average molecular weight is 419 g/mol. The number of nitrogens with two attached hydrogens (primary N) is 2. The van der Waals surface area contributed by atoms with Gasteiger partial charge < -0.3 is 36.0 Å². The molecule has 2 aromatic carbocycles. The van der Waals surface area contributed by atoms with Crippen molar-refractivity contribution in [1.82, 2.24) is 5.06 Å². The number of primary amides is 2. The molecule has 10 heteroatoms. The number of phenols is 1. The summed E-state index contributed by atoms with van der Waals surface area (Å²) in [5, 5.41) is 21.4. The van der Waals surface area contributed by atoms with Crippen LogP contribution in [0.5, 0.6) is 23.0 Å². The highest BCUT2D eigenvalue weighted by atomic mass is 16.7. The molecule has 6 N–H and O–H groups in total. The molecule has 0 radical (unpaired) electrons. The average Bonchev–Trinajstić information content (AvgIpc) is 2.72. The van der Waals surface area contributed by atoms with Crippen molar-refractivity contribution in [3.8, 4) is 23.0 Å². The van der Waals surface area contributed by atoms with Crippen LogP contribution in [0.15, 0.2) is 42.5 Å². The summed E-state index contributed by atoms with van der Waals surface area (Å²) in [6, 6.07) is 10.6. The fourth-order valence-corrected chi connectivity index (χ4v) is 2.42. The summed E-state index contributed by atoms with van der Waals surface area (Å²) >= 11 is 0. The van der Waals surface area contributed by atoms with Gasteiger partial charge in [0.1, 0.15) is 35.7 Å². The third-order valence-electron chi connectivity index (χ3n) is 3.88. The number of hydrogen-bond acceptors (Lipinski definition) is 8. The molecule has 0 aliphatic heterocycles. The van der Waals surface area contributed by atoms with Crippen molar-refractivity contribution in [1.29, 1.82) is 0 Å². The number of aromatic hydroxyl groups is 1. The molecule has 0 aliphatic carbocycles. The van der Waals surface area contributed by atoms with Crippen LogP contribution in [-0.4, -0.2) is 59.5 Å². The van der Waals surface area contributed by atoms with Gasteiger partial charge in [-0.2, -0.15) is 0 Å². The number of hydrogen-bond donors (Lipinski definition) is 4. The number of aliphatic hydroxyl groups excluding tert-OH is 1. The van der Waals surface area contributed by atoms with Gasteiger partial charge in [0, 0.05) is 6.54 Å². The van der Waals surface area contributed by atoms with E-state index in [1.54, 1.807) is 24.3 Å². The van der Waals surface area contributed by atoms with Crippen molar-refractivity contribution < 1.29 is 34.1 Å². The Labute approximate surface area is 173 Å². The second-order valence-corrected chi connectivity index (χ2v) is 6.31. The first-order valence-electron chi connectivity index (χ1n) is 9.16. The fraction of sp³-hybridized carbons (Fsp3) is 0.300. The number of benzene rings is 2. The number of amides is 2. The smallest absolute Gasteiger partial charge is 0.255 e. The predicted molar refractivity (Wildman–Crippen MR) is 107 cm³/mol. The largest absolute Gasteiger partial charge is 0.507 e. The van der Waals surface area contributed by atoms with Crippen LogP contribution >= 0.6 is 0 Å². The molecule has 0 aromatic heterocycles. The Kier molecular flexibility index (Phi) is 8.27. The normalized spacial score (nSPS) is 11.7. The molecule has 2 amide bonds. The monoisotopic (exact) mass is 419 g/mol. The van der Waals surface area contributed by atoms with Crippen molar-refractivity contribution in [3.05, 3.63) is 48.0 Å². The highest BCUT2D eigenvalue weighted by Gasteiger charge is 2.15. The zero-order valence-electron chi connectivity index (χ0n) is 16.5. The third kappa shape index (κ3) is 7.15. The number of carbonyl (C=O) groups is 2. The van der Waals surface area contributed by atoms with Gasteiger partial charge in [0.05, 0.1) is 12.1 Å². The Hall–Kier alpha value is -3.50. The minimum atomic E-state index is -0.872. The highest BCUT2D eigenvalue weighted by molar-refractivity contribution is 5.95. The molecular formula is C20H25N3O7. The summed E-state index contributed by atoms with van der Waals surface area (Å²) < 4.78 is 10.7. The Bertz CT molecular complexity index is 858.